The van der Waals surface area contributed by atoms with Crippen molar-refractivity contribution in [3.63, 3.8) is 0 Å². The Morgan fingerprint density at radius 3 is 1.94 bits per heavy atom. The van der Waals surface area contributed by atoms with E-state index in [1.165, 1.54) is 19.4 Å². The fourth-order valence-corrected chi connectivity index (χ4v) is 6.12. The molecule has 5 aliphatic carbocycles. The van der Waals surface area contributed by atoms with Crippen molar-refractivity contribution in [1.82, 2.24) is 5.32 Å². The Balaban J connectivity index is 1.51. The first-order valence-electron chi connectivity index (χ1n) is 8.40. The number of nitrogens with one attached hydrogen (secondary N) is 1. The average molecular weight is 247 g/mol. The minimum absolute atomic E-state index is 0.666. The molecule has 0 radical (unpaired) electrons. The van der Waals surface area contributed by atoms with Crippen LogP contribution in [0, 0.1) is 35.0 Å². The molecule has 0 saturated heterocycles. The fourth-order valence-electron chi connectivity index (χ4n) is 6.12. The van der Waals surface area contributed by atoms with Gasteiger partial charge in [-0.2, -0.15) is 0 Å². The highest BCUT2D eigenvalue weighted by atomic mass is 14.9. The summed E-state index contributed by atoms with van der Waals surface area (Å²) in [6, 6.07) is 0.666. The van der Waals surface area contributed by atoms with E-state index in [2.05, 4.69) is 19.2 Å². The molecule has 0 aromatic carbocycles. The van der Waals surface area contributed by atoms with E-state index in [0.29, 0.717) is 6.04 Å². The molecule has 1 nitrogen and oxygen atoms in total. The van der Waals surface area contributed by atoms with Crippen LogP contribution in [0.1, 0.15) is 58.8 Å². The Labute approximate surface area is 112 Å². The van der Waals surface area contributed by atoms with Crippen LogP contribution in [0.3, 0.4) is 0 Å². The second kappa shape index (κ2) is 3.98. The number of hydrogen-bond donors (Lipinski definition) is 1. The molecular weight excluding hydrogens is 218 g/mol. The second-order valence-electron chi connectivity index (χ2n) is 8.35. The van der Waals surface area contributed by atoms with Gasteiger partial charge in [0.05, 0.1) is 0 Å². The zero-order valence-corrected chi connectivity index (χ0v) is 12.1. The molecule has 0 atom stereocenters. The molecule has 0 aromatic rings. The van der Waals surface area contributed by atoms with Crippen LogP contribution in [0.2, 0.25) is 0 Å². The number of hydrogen-bond acceptors (Lipinski definition) is 1. The molecule has 4 bridgehead atoms. The Hall–Kier alpha value is -0.0400. The zero-order valence-electron chi connectivity index (χ0n) is 12.1. The summed E-state index contributed by atoms with van der Waals surface area (Å²) in [5.74, 6) is 5.63. The predicted molar refractivity (Wildman–Crippen MR) is 75.3 cm³/mol. The van der Waals surface area contributed by atoms with Gasteiger partial charge in [0.1, 0.15) is 0 Å². The van der Waals surface area contributed by atoms with Gasteiger partial charge in [-0.3, -0.25) is 0 Å². The van der Waals surface area contributed by atoms with E-state index >= 15 is 0 Å². The van der Waals surface area contributed by atoms with Gasteiger partial charge in [0, 0.05) is 12.6 Å². The third kappa shape index (κ3) is 1.77. The van der Waals surface area contributed by atoms with E-state index in [1.54, 1.807) is 32.1 Å². The third-order valence-electron chi connectivity index (χ3n) is 6.69. The largest absolute Gasteiger partial charge is 0.314 e. The maximum atomic E-state index is 3.76. The Kier molecular flexibility index (Phi) is 2.60. The third-order valence-corrected chi connectivity index (χ3v) is 6.69. The lowest BCUT2D eigenvalue weighted by Crippen LogP contribution is -2.50. The van der Waals surface area contributed by atoms with Crippen LogP contribution in [0.25, 0.3) is 0 Å². The van der Waals surface area contributed by atoms with E-state index in [1.807, 2.05) is 0 Å². The lowest BCUT2D eigenvalue weighted by Gasteiger charge is -2.57. The first-order chi connectivity index (χ1) is 8.66. The van der Waals surface area contributed by atoms with Crippen LogP contribution < -0.4 is 5.32 Å². The van der Waals surface area contributed by atoms with Gasteiger partial charge in [0.2, 0.25) is 0 Å². The molecule has 5 aliphatic rings. The lowest BCUT2D eigenvalue weighted by atomic mass is 9.49. The minimum Gasteiger partial charge on any atom is -0.314 e. The molecule has 5 rings (SSSR count). The molecule has 18 heavy (non-hydrogen) atoms. The molecule has 5 fully saturated rings. The van der Waals surface area contributed by atoms with Crippen LogP contribution in [0.5, 0.6) is 0 Å². The Morgan fingerprint density at radius 2 is 1.50 bits per heavy atom. The van der Waals surface area contributed by atoms with Gasteiger partial charge >= 0.3 is 0 Å². The van der Waals surface area contributed by atoms with Crippen molar-refractivity contribution in [2.75, 3.05) is 6.54 Å². The molecule has 0 amide bonds. The lowest BCUT2D eigenvalue weighted by molar-refractivity contribution is -0.0686. The van der Waals surface area contributed by atoms with E-state index in [0.717, 1.165) is 35.0 Å². The van der Waals surface area contributed by atoms with Gasteiger partial charge in [-0.25, -0.2) is 0 Å². The van der Waals surface area contributed by atoms with Gasteiger partial charge in [0.25, 0.3) is 0 Å². The van der Waals surface area contributed by atoms with Crippen LogP contribution in [0.15, 0.2) is 0 Å². The van der Waals surface area contributed by atoms with Crippen molar-refractivity contribution in [2.24, 2.45) is 35.0 Å². The predicted octanol–water partition coefficient (Wildman–Crippen LogP) is 3.84. The maximum Gasteiger partial charge on any atom is 0.00130 e. The molecule has 0 heterocycles. The van der Waals surface area contributed by atoms with Crippen molar-refractivity contribution in [1.29, 1.82) is 0 Å². The van der Waals surface area contributed by atoms with Crippen molar-refractivity contribution in [3.8, 4) is 0 Å². The molecular formula is C17H29N. The van der Waals surface area contributed by atoms with Crippen molar-refractivity contribution in [2.45, 2.75) is 64.8 Å². The number of rotatable bonds is 4. The van der Waals surface area contributed by atoms with E-state index < -0.39 is 0 Å². The molecule has 0 unspecified atom stereocenters. The van der Waals surface area contributed by atoms with Gasteiger partial charge in [0.15, 0.2) is 0 Å². The molecule has 1 N–H and O–H groups in total. The van der Waals surface area contributed by atoms with Gasteiger partial charge in [-0.1, -0.05) is 13.8 Å². The molecule has 0 aromatic heterocycles. The molecule has 1 heteroatoms. The molecule has 0 spiro atoms. The zero-order chi connectivity index (χ0) is 12.3. The first kappa shape index (κ1) is 11.8. The summed E-state index contributed by atoms with van der Waals surface area (Å²) in [6.45, 7) is 5.91. The van der Waals surface area contributed by atoms with Crippen LogP contribution in [-0.4, -0.2) is 12.6 Å². The summed E-state index contributed by atoms with van der Waals surface area (Å²) in [5.41, 5.74) is 0.743. The quantitative estimate of drug-likeness (QED) is 0.796. The summed E-state index contributed by atoms with van der Waals surface area (Å²) >= 11 is 0. The summed E-state index contributed by atoms with van der Waals surface area (Å²) in [5, 5.41) is 3.76. The van der Waals surface area contributed by atoms with E-state index in [4.69, 9.17) is 0 Å². The smallest absolute Gasteiger partial charge is 0.00130 e. The fraction of sp³-hybridized carbons (Fsp3) is 1.00. The highest BCUT2D eigenvalue weighted by Gasteiger charge is 2.59. The van der Waals surface area contributed by atoms with Crippen LogP contribution in [0.4, 0.5) is 0 Å². The molecule has 5 saturated carbocycles. The molecule has 0 aliphatic heterocycles. The minimum atomic E-state index is 0.666. The van der Waals surface area contributed by atoms with Gasteiger partial charge < -0.3 is 5.32 Å². The van der Waals surface area contributed by atoms with Gasteiger partial charge in [-0.15, -0.1) is 0 Å². The van der Waals surface area contributed by atoms with Crippen molar-refractivity contribution in [3.05, 3.63) is 0 Å². The SMILES string of the molecule is CC(C)NCC1(C2C3CC4CC(C3)CC2C4)CC1. The van der Waals surface area contributed by atoms with Crippen molar-refractivity contribution >= 4 is 0 Å². The maximum absolute atomic E-state index is 3.76. The monoisotopic (exact) mass is 247 g/mol. The average Bonchev–Trinajstić information content (AvgIpc) is 3.06. The highest BCUT2D eigenvalue weighted by Crippen LogP contribution is 2.67. The van der Waals surface area contributed by atoms with Crippen molar-refractivity contribution < 1.29 is 0 Å². The van der Waals surface area contributed by atoms with Gasteiger partial charge in [-0.05, 0) is 80.0 Å². The second-order valence-corrected chi connectivity index (χ2v) is 8.35. The summed E-state index contributed by atoms with van der Waals surface area (Å²) in [4.78, 5) is 0. The first-order valence-corrected chi connectivity index (χ1v) is 8.40. The normalized spacial score (nSPS) is 47.8. The van der Waals surface area contributed by atoms with Crippen LogP contribution >= 0.6 is 0 Å². The van der Waals surface area contributed by atoms with E-state index in [-0.39, 0.29) is 0 Å². The topological polar surface area (TPSA) is 12.0 Å². The summed E-state index contributed by atoms with van der Waals surface area (Å²) in [7, 11) is 0. The van der Waals surface area contributed by atoms with E-state index in [9.17, 15) is 0 Å². The standard InChI is InChI=1S/C17H29N/c1-11(2)18-10-17(3-4-17)16-14-6-12-5-13(8-14)9-15(16)7-12/h11-16,18H,3-10H2,1-2H3. The Bertz CT molecular complexity index is 301. The highest BCUT2D eigenvalue weighted by molar-refractivity contribution is 5.10. The Morgan fingerprint density at radius 1 is 0.944 bits per heavy atom. The summed E-state index contributed by atoms with van der Waals surface area (Å²) in [6.07, 6.45) is 11.0. The van der Waals surface area contributed by atoms with Crippen LogP contribution in [-0.2, 0) is 0 Å². The summed E-state index contributed by atoms with van der Waals surface area (Å²) < 4.78 is 0. The molecule has 102 valence electrons.